The SMILES string of the molecule is CCNCCCNc1nc(C)ccc1[N+](=O)[O-]. The second kappa shape index (κ2) is 6.80. The van der Waals surface area contributed by atoms with Crippen LogP contribution in [0, 0.1) is 17.0 Å². The third kappa shape index (κ3) is 4.36. The van der Waals surface area contributed by atoms with Crippen molar-refractivity contribution >= 4 is 11.5 Å². The van der Waals surface area contributed by atoms with Crippen molar-refractivity contribution in [2.45, 2.75) is 20.3 Å². The van der Waals surface area contributed by atoms with Crippen molar-refractivity contribution in [1.82, 2.24) is 10.3 Å². The van der Waals surface area contributed by atoms with Gasteiger partial charge < -0.3 is 10.6 Å². The summed E-state index contributed by atoms with van der Waals surface area (Å²) in [6, 6.07) is 3.12. The van der Waals surface area contributed by atoms with Crippen molar-refractivity contribution in [2.75, 3.05) is 25.0 Å². The second-order valence-corrected chi connectivity index (χ2v) is 3.71. The smallest absolute Gasteiger partial charge is 0.311 e. The van der Waals surface area contributed by atoms with Crippen molar-refractivity contribution in [3.05, 3.63) is 27.9 Å². The topological polar surface area (TPSA) is 80.1 Å². The maximum atomic E-state index is 10.8. The molecule has 0 aliphatic heterocycles. The standard InChI is InChI=1S/C11H18N4O2/c1-3-12-7-4-8-13-11-10(15(16)17)6-5-9(2)14-11/h5-6,12H,3-4,7-8H2,1-2H3,(H,13,14). The number of nitro groups is 1. The highest BCUT2D eigenvalue weighted by molar-refractivity contribution is 5.55. The maximum absolute atomic E-state index is 10.8. The van der Waals surface area contributed by atoms with E-state index in [1.807, 2.05) is 13.8 Å². The molecule has 0 amide bonds. The molecular formula is C11H18N4O2. The first-order valence-corrected chi connectivity index (χ1v) is 5.71. The molecule has 6 heteroatoms. The molecule has 0 radical (unpaired) electrons. The van der Waals surface area contributed by atoms with Gasteiger partial charge in [0.2, 0.25) is 5.82 Å². The molecular weight excluding hydrogens is 220 g/mol. The van der Waals surface area contributed by atoms with Crippen LogP contribution < -0.4 is 10.6 Å². The van der Waals surface area contributed by atoms with Crippen LogP contribution in [0.2, 0.25) is 0 Å². The van der Waals surface area contributed by atoms with Gasteiger partial charge in [0.1, 0.15) is 0 Å². The summed E-state index contributed by atoms with van der Waals surface area (Å²) in [6.07, 6.45) is 0.903. The van der Waals surface area contributed by atoms with Gasteiger partial charge in [-0.2, -0.15) is 0 Å². The van der Waals surface area contributed by atoms with Gasteiger partial charge in [0.25, 0.3) is 0 Å². The van der Waals surface area contributed by atoms with Crippen molar-refractivity contribution in [2.24, 2.45) is 0 Å². The Morgan fingerprint density at radius 1 is 1.41 bits per heavy atom. The highest BCUT2D eigenvalue weighted by atomic mass is 16.6. The quantitative estimate of drug-likeness (QED) is 0.429. The predicted octanol–water partition coefficient (Wildman–Crippen LogP) is 1.71. The molecule has 17 heavy (non-hydrogen) atoms. The summed E-state index contributed by atoms with van der Waals surface area (Å²) in [5.41, 5.74) is 0.795. The van der Waals surface area contributed by atoms with Crippen molar-refractivity contribution < 1.29 is 4.92 Å². The average Bonchev–Trinajstić information content (AvgIpc) is 2.28. The Bertz CT molecular complexity index is 382. The van der Waals surface area contributed by atoms with Crippen LogP contribution in [0.4, 0.5) is 11.5 Å². The van der Waals surface area contributed by atoms with Crippen LogP contribution in [0.25, 0.3) is 0 Å². The number of anilines is 1. The van der Waals surface area contributed by atoms with E-state index in [0.717, 1.165) is 25.2 Å². The number of aromatic nitrogens is 1. The van der Waals surface area contributed by atoms with Crippen LogP contribution in [-0.4, -0.2) is 29.5 Å². The van der Waals surface area contributed by atoms with Gasteiger partial charge in [-0.3, -0.25) is 10.1 Å². The number of hydrogen-bond acceptors (Lipinski definition) is 5. The van der Waals surface area contributed by atoms with Crippen LogP contribution in [0.1, 0.15) is 19.0 Å². The summed E-state index contributed by atoms with van der Waals surface area (Å²) in [4.78, 5) is 14.5. The van der Waals surface area contributed by atoms with E-state index in [2.05, 4.69) is 15.6 Å². The molecule has 2 N–H and O–H groups in total. The first-order chi connectivity index (χ1) is 8.15. The molecule has 0 unspecified atom stereocenters. The van der Waals surface area contributed by atoms with Crippen molar-refractivity contribution in [3.63, 3.8) is 0 Å². The van der Waals surface area contributed by atoms with Crippen LogP contribution >= 0.6 is 0 Å². The van der Waals surface area contributed by atoms with Crippen LogP contribution in [0.5, 0.6) is 0 Å². The summed E-state index contributed by atoms with van der Waals surface area (Å²) in [5, 5.41) is 17.0. The average molecular weight is 238 g/mol. The lowest BCUT2D eigenvalue weighted by molar-refractivity contribution is -0.384. The first-order valence-electron chi connectivity index (χ1n) is 5.71. The molecule has 0 bridgehead atoms. The third-order valence-electron chi connectivity index (χ3n) is 2.28. The molecule has 0 fully saturated rings. The van der Waals surface area contributed by atoms with Crippen LogP contribution in [-0.2, 0) is 0 Å². The molecule has 0 aliphatic rings. The minimum absolute atomic E-state index is 0.0269. The fraction of sp³-hybridized carbons (Fsp3) is 0.545. The second-order valence-electron chi connectivity index (χ2n) is 3.71. The zero-order valence-electron chi connectivity index (χ0n) is 10.2. The molecule has 1 aromatic heterocycles. The molecule has 0 aromatic carbocycles. The van der Waals surface area contributed by atoms with E-state index in [-0.39, 0.29) is 5.69 Å². The van der Waals surface area contributed by atoms with E-state index < -0.39 is 4.92 Å². The highest BCUT2D eigenvalue weighted by Crippen LogP contribution is 2.21. The van der Waals surface area contributed by atoms with Gasteiger partial charge in [0, 0.05) is 18.3 Å². The summed E-state index contributed by atoms with van der Waals surface area (Å²) in [5.74, 6) is 0.353. The van der Waals surface area contributed by atoms with E-state index in [1.165, 1.54) is 6.07 Å². The Morgan fingerprint density at radius 3 is 2.82 bits per heavy atom. The number of aryl methyl sites for hydroxylation is 1. The predicted molar refractivity (Wildman–Crippen MR) is 67.3 cm³/mol. The molecule has 94 valence electrons. The minimum Gasteiger partial charge on any atom is -0.364 e. The van der Waals surface area contributed by atoms with Crippen molar-refractivity contribution in [3.8, 4) is 0 Å². The number of nitrogens with zero attached hydrogens (tertiary/aromatic N) is 2. The van der Waals surface area contributed by atoms with Crippen LogP contribution in [0.15, 0.2) is 12.1 Å². The van der Waals surface area contributed by atoms with E-state index in [0.29, 0.717) is 12.4 Å². The molecule has 1 aromatic rings. The lowest BCUT2D eigenvalue weighted by Gasteiger charge is -2.07. The molecule has 0 atom stereocenters. The maximum Gasteiger partial charge on any atom is 0.311 e. The largest absolute Gasteiger partial charge is 0.364 e. The fourth-order valence-electron chi connectivity index (χ4n) is 1.42. The van der Waals surface area contributed by atoms with Crippen molar-refractivity contribution in [1.29, 1.82) is 0 Å². The number of rotatable bonds is 7. The van der Waals surface area contributed by atoms with E-state index in [4.69, 9.17) is 0 Å². The van der Waals surface area contributed by atoms with E-state index >= 15 is 0 Å². The number of hydrogen-bond donors (Lipinski definition) is 2. The Balaban J connectivity index is 2.56. The Labute approximate surface area is 101 Å². The number of nitrogens with one attached hydrogen (secondary N) is 2. The highest BCUT2D eigenvalue weighted by Gasteiger charge is 2.14. The lowest BCUT2D eigenvalue weighted by Crippen LogP contribution is -2.17. The van der Waals surface area contributed by atoms with E-state index in [1.54, 1.807) is 6.07 Å². The molecule has 0 spiro atoms. The monoisotopic (exact) mass is 238 g/mol. The molecule has 6 nitrogen and oxygen atoms in total. The molecule has 1 heterocycles. The normalized spacial score (nSPS) is 10.2. The van der Waals surface area contributed by atoms with Gasteiger partial charge in [-0.15, -0.1) is 0 Å². The number of pyridine rings is 1. The van der Waals surface area contributed by atoms with Gasteiger partial charge in [-0.05, 0) is 32.5 Å². The van der Waals surface area contributed by atoms with Gasteiger partial charge >= 0.3 is 5.69 Å². The Morgan fingerprint density at radius 2 is 2.18 bits per heavy atom. The molecule has 1 rings (SSSR count). The zero-order chi connectivity index (χ0) is 12.7. The molecule has 0 aliphatic carbocycles. The molecule has 0 saturated heterocycles. The Kier molecular flexibility index (Phi) is 5.35. The van der Waals surface area contributed by atoms with Gasteiger partial charge in [-0.1, -0.05) is 6.92 Å². The van der Waals surface area contributed by atoms with Gasteiger partial charge in [0.15, 0.2) is 0 Å². The molecule has 0 saturated carbocycles. The minimum atomic E-state index is -0.418. The summed E-state index contributed by atoms with van der Waals surface area (Å²) < 4.78 is 0. The van der Waals surface area contributed by atoms with Crippen LogP contribution in [0.3, 0.4) is 0 Å². The lowest BCUT2D eigenvalue weighted by atomic mass is 10.3. The summed E-state index contributed by atoms with van der Waals surface area (Å²) >= 11 is 0. The Hall–Kier alpha value is -1.69. The first kappa shape index (κ1) is 13.4. The van der Waals surface area contributed by atoms with Gasteiger partial charge in [0.05, 0.1) is 4.92 Å². The van der Waals surface area contributed by atoms with Gasteiger partial charge in [-0.25, -0.2) is 4.98 Å². The fourth-order valence-corrected chi connectivity index (χ4v) is 1.42. The third-order valence-corrected chi connectivity index (χ3v) is 2.28. The summed E-state index contributed by atoms with van der Waals surface area (Å²) in [7, 11) is 0. The zero-order valence-corrected chi connectivity index (χ0v) is 10.2. The summed E-state index contributed by atoms with van der Waals surface area (Å²) in [6.45, 7) is 6.35. The van der Waals surface area contributed by atoms with E-state index in [9.17, 15) is 10.1 Å².